The van der Waals surface area contributed by atoms with Gasteiger partial charge in [0, 0.05) is 19.0 Å². The van der Waals surface area contributed by atoms with Crippen LogP contribution in [0.5, 0.6) is 0 Å². The molecule has 0 bridgehead atoms. The van der Waals surface area contributed by atoms with Crippen LogP contribution in [0.1, 0.15) is 24.0 Å². The van der Waals surface area contributed by atoms with E-state index in [2.05, 4.69) is 15.5 Å². The van der Waals surface area contributed by atoms with Crippen LogP contribution in [0.25, 0.3) is 0 Å². The van der Waals surface area contributed by atoms with Gasteiger partial charge in [0.1, 0.15) is 5.82 Å². The number of nitrogens with zero attached hydrogens (tertiary/aromatic N) is 1. The summed E-state index contributed by atoms with van der Waals surface area (Å²) in [5.41, 5.74) is 2.09. The van der Waals surface area contributed by atoms with E-state index < -0.39 is 0 Å². The van der Waals surface area contributed by atoms with Crippen LogP contribution in [0.4, 0.5) is 4.39 Å². The molecule has 0 saturated carbocycles. The van der Waals surface area contributed by atoms with Gasteiger partial charge in [-0.3, -0.25) is 14.5 Å². The van der Waals surface area contributed by atoms with E-state index in [0.29, 0.717) is 26.1 Å². The normalized spacial score (nSPS) is 15.1. The van der Waals surface area contributed by atoms with Crippen molar-refractivity contribution in [2.24, 2.45) is 5.92 Å². The van der Waals surface area contributed by atoms with Crippen LogP contribution in [0.2, 0.25) is 0 Å². The topological polar surface area (TPSA) is 61.4 Å². The lowest BCUT2D eigenvalue weighted by Gasteiger charge is -2.30. The minimum atomic E-state index is -0.255. The van der Waals surface area contributed by atoms with Crippen LogP contribution in [-0.2, 0) is 22.6 Å². The van der Waals surface area contributed by atoms with Crippen molar-refractivity contribution in [3.8, 4) is 0 Å². The quantitative estimate of drug-likeness (QED) is 0.720. The molecule has 0 atom stereocenters. The zero-order valence-electron chi connectivity index (χ0n) is 16.6. The van der Waals surface area contributed by atoms with Crippen molar-refractivity contribution >= 4 is 11.8 Å². The van der Waals surface area contributed by atoms with Crippen molar-refractivity contribution in [2.75, 3.05) is 26.2 Å². The number of likely N-dealkylation sites (tertiary alicyclic amines) is 1. The van der Waals surface area contributed by atoms with Crippen LogP contribution in [-0.4, -0.2) is 42.9 Å². The third-order valence-corrected chi connectivity index (χ3v) is 5.28. The minimum absolute atomic E-state index is 0.0106. The molecule has 3 rings (SSSR count). The third-order valence-electron chi connectivity index (χ3n) is 5.28. The number of nitrogens with one attached hydrogen (secondary N) is 2. The Morgan fingerprint density at radius 2 is 1.62 bits per heavy atom. The van der Waals surface area contributed by atoms with E-state index in [-0.39, 0.29) is 23.5 Å². The lowest BCUT2D eigenvalue weighted by molar-refractivity contribution is -0.127. The lowest BCUT2D eigenvalue weighted by atomic mass is 9.96. The molecule has 1 aliphatic heterocycles. The van der Waals surface area contributed by atoms with E-state index >= 15 is 0 Å². The second-order valence-corrected chi connectivity index (χ2v) is 7.48. The van der Waals surface area contributed by atoms with E-state index in [1.54, 1.807) is 12.1 Å². The van der Waals surface area contributed by atoms with Gasteiger partial charge in [-0.1, -0.05) is 42.5 Å². The first kappa shape index (κ1) is 21.0. The Kier molecular flexibility index (Phi) is 7.76. The first-order valence-corrected chi connectivity index (χ1v) is 10.2. The standard InChI is InChI=1S/C23H28FN3O2/c24-21-8-6-18(7-9-21)10-13-25-22(28)17-27-14-11-20(12-15-27)23(29)26-16-19-4-2-1-3-5-19/h1-9,20H,10-17H2,(H,25,28)(H,26,29). The molecule has 5 nitrogen and oxygen atoms in total. The lowest BCUT2D eigenvalue weighted by Crippen LogP contribution is -2.44. The Labute approximate surface area is 171 Å². The number of halogens is 1. The Morgan fingerprint density at radius 1 is 0.931 bits per heavy atom. The molecule has 2 aromatic carbocycles. The minimum Gasteiger partial charge on any atom is -0.355 e. The van der Waals surface area contributed by atoms with Crippen molar-refractivity contribution in [3.63, 3.8) is 0 Å². The highest BCUT2D eigenvalue weighted by atomic mass is 19.1. The maximum Gasteiger partial charge on any atom is 0.234 e. The predicted octanol–water partition coefficient (Wildman–Crippen LogP) is 2.51. The van der Waals surface area contributed by atoms with Crippen LogP contribution in [0.3, 0.4) is 0 Å². The molecule has 0 unspecified atom stereocenters. The summed E-state index contributed by atoms with van der Waals surface area (Å²) in [5, 5.41) is 5.92. The number of hydrogen-bond acceptors (Lipinski definition) is 3. The molecule has 2 amide bonds. The van der Waals surface area contributed by atoms with Crippen LogP contribution in [0, 0.1) is 11.7 Å². The number of rotatable bonds is 8. The molecule has 1 saturated heterocycles. The van der Waals surface area contributed by atoms with Crippen LogP contribution in [0.15, 0.2) is 54.6 Å². The van der Waals surface area contributed by atoms with E-state index in [1.165, 1.54) is 12.1 Å². The highest BCUT2D eigenvalue weighted by Gasteiger charge is 2.25. The maximum absolute atomic E-state index is 12.9. The van der Waals surface area contributed by atoms with Gasteiger partial charge in [0.05, 0.1) is 6.54 Å². The van der Waals surface area contributed by atoms with Crippen molar-refractivity contribution in [1.82, 2.24) is 15.5 Å². The van der Waals surface area contributed by atoms with Gasteiger partial charge >= 0.3 is 0 Å². The summed E-state index contributed by atoms with van der Waals surface area (Å²) in [6.45, 7) is 2.92. The summed E-state index contributed by atoms with van der Waals surface area (Å²) in [6.07, 6.45) is 2.21. The largest absolute Gasteiger partial charge is 0.355 e. The third kappa shape index (κ3) is 6.98. The molecule has 29 heavy (non-hydrogen) atoms. The van der Waals surface area contributed by atoms with Gasteiger partial charge in [0.15, 0.2) is 0 Å². The molecule has 2 aromatic rings. The van der Waals surface area contributed by atoms with Gasteiger partial charge < -0.3 is 10.6 Å². The summed E-state index contributed by atoms with van der Waals surface area (Å²) in [6, 6.07) is 16.2. The molecule has 0 aliphatic carbocycles. The number of hydrogen-bond donors (Lipinski definition) is 2. The molecule has 1 fully saturated rings. The van der Waals surface area contributed by atoms with Crippen molar-refractivity contribution in [3.05, 3.63) is 71.5 Å². The summed E-state index contributed by atoms with van der Waals surface area (Å²) < 4.78 is 12.9. The molecule has 2 N–H and O–H groups in total. The van der Waals surface area contributed by atoms with Crippen LogP contribution < -0.4 is 10.6 Å². The van der Waals surface area contributed by atoms with Gasteiger partial charge in [-0.15, -0.1) is 0 Å². The molecular weight excluding hydrogens is 369 g/mol. The molecule has 0 spiro atoms. The Bertz CT molecular complexity index is 788. The van der Waals surface area contributed by atoms with E-state index in [4.69, 9.17) is 0 Å². The number of amides is 2. The Morgan fingerprint density at radius 3 is 2.31 bits per heavy atom. The Balaban J connectivity index is 1.31. The monoisotopic (exact) mass is 397 g/mol. The number of carbonyl (C=O) groups is 2. The average molecular weight is 397 g/mol. The predicted molar refractivity (Wildman–Crippen MR) is 111 cm³/mol. The molecule has 1 heterocycles. The Hall–Kier alpha value is -2.73. The first-order valence-electron chi connectivity index (χ1n) is 10.2. The molecule has 0 aromatic heterocycles. The highest BCUT2D eigenvalue weighted by Crippen LogP contribution is 2.17. The number of carbonyl (C=O) groups excluding carboxylic acids is 2. The van der Waals surface area contributed by atoms with Gasteiger partial charge in [-0.25, -0.2) is 4.39 Å². The van der Waals surface area contributed by atoms with Gasteiger partial charge in [-0.05, 0) is 55.6 Å². The fourth-order valence-electron chi connectivity index (χ4n) is 3.54. The summed E-state index contributed by atoms with van der Waals surface area (Å²) in [4.78, 5) is 26.6. The zero-order chi connectivity index (χ0) is 20.5. The van der Waals surface area contributed by atoms with Gasteiger partial charge in [0.25, 0.3) is 0 Å². The maximum atomic E-state index is 12.9. The van der Waals surface area contributed by atoms with Gasteiger partial charge in [0.2, 0.25) is 11.8 Å². The summed E-state index contributed by atoms with van der Waals surface area (Å²) >= 11 is 0. The molecule has 154 valence electrons. The SMILES string of the molecule is O=C(CN1CCC(C(=O)NCc2ccccc2)CC1)NCCc1ccc(F)cc1. The van der Waals surface area contributed by atoms with Crippen molar-refractivity contribution in [1.29, 1.82) is 0 Å². The number of piperidine rings is 1. The second kappa shape index (κ2) is 10.7. The average Bonchev–Trinajstić information content (AvgIpc) is 2.75. The fraction of sp³-hybridized carbons (Fsp3) is 0.391. The second-order valence-electron chi connectivity index (χ2n) is 7.48. The fourth-order valence-corrected chi connectivity index (χ4v) is 3.54. The zero-order valence-corrected chi connectivity index (χ0v) is 16.6. The molecule has 0 radical (unpaired) electrons. The van der Waals surface area contributed by atoms with E-state index in [0.717, 1.165) is 37.1 Å². The molecule has 1 aliphatic rings. The first-order chi connectivity index (χ1) is 14.1. The van der Waals surface area contributed by atoms with Crippen molar-refractivity contribution < 1.29 is 14.0 Å². The smallest absolute Gasteiger partial charge is 0.234 e. The van der Waals surface area contributed by atoms with Crippen molar-refractivity contribution in [2.45, 2.75) is 25.8 Å². The van der Waals surface area contributed by atoms with E-state index in [9.17, 15) is 14.0 Å². The molecule has 6 heteroatoms. The van der Waals surface area contributed by atoms with Crippen LogP contribution >= 0.6 is 0 Å². The number of benzene rings is 2. The summed E-state index contributed by atoms with van der Waals surface area (Å²) in [5.74, 6) is -0.164. The molecular formula is C23H28FN3O2. The van der Waals surface area contributed by atoms with E-state index in [1.807, 2.05) is 30.3 Å². The summed E-state index contributed by atoms with van der Waals surface area (Å²) in [7, 11) is 0. The van der Waals surface area contributed by atoms with Gasteiger partial charge in [-0.2, -0.15) is 0 Å². The highest BCUT2D eigenvalue weighted by molar-refractivity contribution is 5.79.